The molecule has 1 atom stereocenters. The number of rotatable bonds is 3. The van der Waals surface area contributed by atoms with Crippen LogP contribution in [0.1, 0.15) is 12.8 Å². The summed E-state index contributed by atoms with van der Waals surface area (Å²) in [5, 5.41) is 6.91. The molecule has 2 nitrogen and oxygen atoms in total. The van der Waals surface area contributed by atoms with E-state index >= 15 is 0 Å². The Hall–Kier alpha value is -0.540. The van der Waals surface area contributed by atoms with Crippen molar-refractivity contribution in [3.8, 4) is 0 Å². The first kappa shape index (κ1) is 9.99. The SMILES string of the molecule is Brc1ccccc1NCC1CCCN1. The number of nitrogens with one attached hydrogen (secondary N) is 2. The van der Waals surface area contributed by atoms with E-state index in [1.807, 2.05) is 6.07 Å². The van der Waals surface area contributed by atoms with Crippen LogP contribution in [0.4, 0.5) is 5.69 Å². The summed E-state index contributed by atoms with van der Waals surface area (Å²) in [6.07, 6.45) is 2.60. The van der Waals surface area contributed by atoms with Crippen molar-refractivity contribution in [2.24, 2.45) is 0 Å². The molecule has 1 aromatic rings. The summed E-state index contributed by atoms with van der Waals surface area (Å²) in [5.41, 5.74) is 1.18. The Labute approximate surface area is 93.2 Å². The zero-order valence-electron chi connectivity index (χ0n) is 8.09. The monoisotopic (exact) mass is 254 g/mol. The molecular formula is C11H15BrN2. The summed E-state index contributed by atoms with van der Waals surface area (Å²) >= 11 is 3.52. The Morgan fingerprint density at radius 2 is 2.29 bits per heavy atom. The molecule has 1 saturated heterocycles. The maximum absolute atomic E-state index is 3.52. The van der Waals surface area contributed by atoms with Crippen molar-refractivity contribution in [3.05, 3.63) is 28.7 Å². The van der Waals surface area contributed by atoms with E-state index in [1.165, 1.54) is 25.1 Å². The molecule has 1 aliphatic heterocycles. The maximum atomic E-state index is 3.52. The molecule has 2 rings (SSSR count). The number of hydrogen-bond acceptors (Lipinski definition) is 2. The van der Waals surface area contributed by atoms with E-state index in [4.69, 9.17) is 0 Å². The van der Waals surface area contributed by atoms with Crippen LogP contribution < -0.4 is 10.6 Å². The highest BCUT2D eigenvalue weighted by atomic mass is 79.9. The minimum Gasteiger partial charge on any atom is -0.383 e. The molecule has 1 aliphatic rings. The molecule has 0 spiro atoms. The Morgan fingerprint density at radius 1 is 1.43 bits per heavy atom. The molecule has 0 aliphatic carbocycles. The van der Waals surface area contributed by atoms with Gasteiger partial charge in [0, 0.05) is 22.7 Å². The van der Waals surface area contributed by atoms with E-state index < -0.39 is 0 Å². The summed E-state index contributed by atoms with van der Waals surface area (Å²) in [4.78, 5) is 0. The van der Waals surface area contributed by atoms with E-state index in [0.29, 0.717) is 6.04 Å². The summed E-state index contributed by atoms with van der Waals surface area (Å²) in [6, 6.07) is 8.88. The lowest BCUT2D eigenvalue weighted by atomic mass is 10.2. The molecule has 2 N–H and O–H groups in total. The van der Waals surface area contributed by atoms with Gasteiger partial charge in [-0.25, -0.2) is 0 Å². The molecular weight excluding hydrogens is 240 g/mol. The predicted molar refractivity (Wildman–Crippen MR) is 63.7 cm³/mol. The first-order valence-electron chi connectivity index (χ1n) is 5.08. The maximum Gasteiger partial charge on any atom is 0.0485 e. The van der Waals surface area contributed by atoms with Gasteiger partial charge in [-0.05, 0) is 47.4 Å². The Bertz CT molecular complexity index is 295. The second-order valence-corrected chi connectivity index (χ2v) is 4.51. The van der Waals surface area contributed by atoms with Gasteiger partial charge >= 0.3 is 0 Å². The van der Waals surface area contributed by atoms with E-state index in [1.54, 1.807) is 0 Å². The van der Waals surface area contributed by atoms with Crippen molar-refractivity contribution in [3.63, 3.8) is 0 Å². The second kappa shape index (κ2) is 4.80. The molecule has 0 aromatic heterocycles. The fraction of sp³-hybridized carbons (Fsp3) is 0.455. The zero-order chi connectivity index (χ0) is 9.80. The quantitative estimate of drug-likeness (QED) is 0.867. The number of benzene rings is 1. The van der Waals surface area contributed by atoms with Gasteiger partial charge in [0.05, 0.1) is 0 Å². The molecule has 1 aromatic carbocycles. The Morgan fingerprint density at radius 3 is 3.00 bits per heavy atom. The van der Waals surface area contributed by atoms with Gasteiger partial charge < -0.3 is 10.6 Å². The van der Waals surface area contributed by atoms with Crippen LogP contribution in [0.15, 0.2) is 28.7 Å². The third-order valence-corrected chi connectivity index (χ3v) is 3.27. The van der Waals surface area contributed by atoms with Gasteiger partial charge in [0.15, 0.2) is 0 Å². The van der Waals surface area contributed by atoms with Crippen LogP contribution in [-0.2, 0) is 0 Å². The van der Waals surface area contributed by atoms with Crippen LogP contribution in [0.3, 0.4) is 0 Å². The number of para-hydroxylation sites is 1. The standard InChI is InChI=1S/C11H15BrN2/c12-10-5-1-2-6-11(10)14-8-9-4-3-7-13-9/h1-2,5-6,9,13-14H,3-4,7-8H2. The zero-order valence-corrected chi connectivity index (χ0v) is 9.68. The molecule has 76 valence electrons. The minimum atomic E-state index is 0.641. The van der Waals surface area contributed by atoms with Crippen LogP contribution in [0, 0.1) is 0 Å². The summed E-state index contributed by atoms with van der Waals surface area (Å²) in [7, 11) is 0. The van der Waals surface area contributed by atoms with Crippen LogP contribution in [0.25, 0.3) is 0 Å². The van der Waals surface area contributed by atoms with E-state index in [0.717, 1.165) is 11.0 Å². The largest absolute Gasteiger partial charge is 0.383 e. The second-order valence-electron chi connectivity index (χ2n) is 3.65. The van der Waals surface area contributed by atoms with Crippen LogP contribution in [-0.4, -0.2) is 19.1 Å². The first-order valence-corrected chi connectivity index (χ1v) is 5.87. The van der Waals surface area contributed by atoms with Gasteiger partial charge in [-0.3, -0.25) is 0 Å². The smallest absolute Gasteiger partial charge is 0.0485 e. The van der Waals surface area contributed by atoms with Crippen molar-refractivity contribution < 1.29 is 0 Å². The lowest BCUT2D eigenvalue weighted by Crippen LogP contribution is -2.29. The van der Waals surface area contributed by atoms with E-state index in [-0.39, 0.29) is 0 Å². The van der Waals surface area contributed by atoms with Gasteiger partial charge in [0.2, 0.25) is 0 Å². The van der Waals surface area contributed by atoms with Crippen LogP contribution >= 0.6 is 15.9 Å². The van der Waals surface area contributed by atoms with Crippen LogP contribution in [0.2, 0.25) is 0 Å². The lowest BCUT2D eigenvalue weighted by Gasteiger charge is -2.13. The van der Waals surface area contributed by atoms with E-state index in [2.05, 4.69) is 44.8 Å². The topological polar surface area (TPSA) is 24.1 Å². The molecule has 0 amide bonds. The van der Waals surface area contributed by atoms with Crippen molar-refractivity contribution >= 4 is 21.6 Å². The van der Waals surface area contributed by atoms with Gasteiger partial charge in [0.25, 0.3) is 0 Å². The van der Waals surface area contributed by atoms with Gasteiger partial charge in [-0.2, -0.15) is 0 Å². The highest BCUT2D eigenvalue weighted by molar-refractivity contribution is 9.10. The van der Waals surface area contributed by atoms with E-state index in [9.17, 15) is 0 Å². The van der Waals surface area contributed by atoms with Crippen molar-refractivity contribution in [2.75, 3.05) is 18.4 Å². The summed E-state index contributed by atoms with van der Waals surface area (Å²) < 4.78 is 1.14. The Balaban J connectivity index is 1.88. The molecule has 1 fully saturated rings. The molecule has 0 bridgehead atoms. The van der Waals surface area contributed by atoms with Crippen molar-refractivity contribution in [1.82, 2.24) is 5.32 Å². The highest BCUT2D eigenvalue weighted by Crippen LogP contribution is 2.21. The lowest BCUT2D eigenvalue weighted by molar-refractivity contribution is 0.633. The predicted octanol–water partition coefficient (Wildman–Crippen LogP) is 2.61. The molecule has 3 heteroatoms. The van der Waals surface area contributed by atoms with Crippen LogP contribution in [0.5, 0.6) is 0 Å². The van der Waals surface area contributed by atoms with Gasteiger partial charge in [0.1, 0.15) is 0 Å². The molecule has 1 heterocycles. The first-order chi connectivity index (χ1) is 6.86. The third-order valence-electron chi connectivity index (χ3n) is 2.58. The Kier molecular flexibility index (Phi) is 3.43. The molecule has 14 heavy (non-hydrogen) atoms. The number of hydrogen-bond donors (Lipinski definition) is 2. The summed E-state index contributed by atoms with van der Waals surface area (Å²) in [6.45, 7) is 2.19. The molecule has 0 saturated carbocycles. The third kappa shape index (κ3) is 2.49. The van der Waals surface area contributed by atoms with Gasteiger partial charge in [-0.15, -0.1) is 0 Å². The highest BCUT2D eigenvalue weighted by Gasteiger charge is 2.13. The number of halogens is 1. The summed E-state index contributed by atoms with van der Waals surface area (Å²) in [5.74, 6) is 0. The van der Waals surface area contributed by atoms with Crippen molar-refractivity contribution in [1.29, 1.82) is 0 Å². The minimum absolute atomic E-state index is 0.641. The fourth-order valence-electron chi connectivity index (χ4n) is 1.77. The average molecular weight is 255 g/mol. The normalized spacial score (nSPS) is 21.1. The molecule has 1 unspecified atom stereocenters. The molecule has 0 radical (unpaired) electrons. The average Bonchev–Trinajstić information content (AvgIpc) is 2.69. The van der Waals surface area contributed by atoms with Crippen molar-refractivity contribution in [2.45, 2.75) is 18.9 Å². The fourth-order valence-corrected chi connectivity index (χ4v) is 2.19. The number of anilines is 1. The van der Waals surface area contributed by atoms with Gasteiger partial charge in [-0.1, -0.05) is 12.1 Å².